The lowest BCUT2D eigenvalue weighted by molar-refractivity contribution is 0.576. The maximum atomic E-state index is 2.61. The lowest BCUT2D eigenvalue weighted by Crippen LogP contribution is -2.36. The molecular formula is C53H50N2. The number of fused-ring (bicyclic) bond motifs is 5. The van der Waals surface area contributed by atoms with Crippen LogP contribution in [0.2, 0.25) is 0 Å². The van der Waals surface area contributed by atoms with Gasteiger partial charge in [-0.3, -0.25) is 0 Å². The van der Waals surface area contributed by atoms with Crippen molar-refractivity contribution < 1.29 is 0 Å². The van der Waals surface area contributed by atoms with E-state index in [-0.39, 0.29) is 5.41 Å². The molecule has 2 nitrogen and oxygen atoms in total. The molecule has 6 aromatic carbocycles. The second-order valence-electron chi connectivity index (χ2n) is 16.9. The standard InChI is InChI=1S/C53H50N2/c1-35-17-24-40-11-5-9-15-50(40)54(35)42-28-30-46-45-29-23-38(33-48(45)53(3,4)49(46)34-42)20-19-37-21-26-39(27-22-37)43-31-32-52(47-14-8-7-13-44(43)47)55-36(2)18-25-41-12-6-10-16-51(41)55/h6-10,12-16,19-23,26-36H,5,11,17-18,24-25H2,1-4H3/b20-19+. The zero-order valence-corrected chi connectivity index (χ0v) is 32.6. The minimum atomic E-state index is -0.0709. The fourth-order valence-electron chi connectivity index (χ4n) is 10.1. The summed E-state index contributed by atoms with van der Waals surface area (Å²) in [7, 11) is 0. The minimum absolute atomic E-state index is 0.0709. The van der Waals surface area contributed by atoms with Crippen LogP contribution in [0, 0.1) is 0 Å². The first kappa shape index (κ1) is 33.9. The molecule has 2 heterocycles. The van der Waals surface area contributed by atoms with Crippen LogP contribution in [0.15, 0.2) is 145 Å². The molecule has 0 saturated carbocycles. The van der Waals surface area contributed by atoms with E-state index in [1.165, 1.54) is 109 Å². The van der Waals surface area contributed by atoms with Gasteiger partial charge in [0.2, 0.25) is 0 Å². The predicted molar refractivity (Wildman–Crippen MR) is 235 cm³/mol. The molecule has 0 bridgehead atoms. The number of aryl methyl sites for hydroxylation is 1. The largest absolute Gasteiger partial charge is 0.339 e. The molecule has 2 atom stereocenters. The number of para-hydroxylation sites is 1. The normalized spacial score (nSPS) is 19.8. The highest BCUT2D eigenvalue weighted by atomic mass is 15.2. The molecule has 0 aromatic heterocycles. The Morgan fingerprint density at radius 2 is 1.25 bits per heavy atom. The van der Waals surface area contributed by atoms with E-state index in [1.807, 2.05) is 0 Å². The van der Waals surface area contributed by atoms with Gasteiger partial charge in [-0.2, -0.15) is 0 Å². The lowest BCUT2D eigenvalue weighted by atomic mass is 9.81. The van der Waals surface area contributed by atoms with Gasteiger partial charge in [0.25, 0.3) is 0 Å². The molecule has 2 aliphatic carbocycles. The molecule has 0 radical (unpaired) electrons. The molecule has 0 saturated heterocycles. The van der Waals surface area contributed by atoms with E-state index in [9.17, 15) is 0 Å². The molecule has 272 valence electrons. The Balaban J connectivity index is 0.913. The Morgan fingerprint density at radius 3 is 2.11 bits per heavy atom. The first-order valence-electron chi connectivity index (χ1n) is 20.5. The van der Waals surface area contributed by atoms with E-state index < -0.39 is 0 Å². The quantitative estimate of drug-likeness (QED) is 0.164. The summed E-state index contributed by atoms with van der Waals surface area (Å²) in [6.07, 6.45) is 16.4. The lowest BCUT2D eigenvalue weighted by Gasteiger charge is -2.40. The van der Waals surface area contributed by atoms with Gasteiger partial charge in [-0.05, 0) is 144 Å². The van der Waals surface area contributed by atoms with Crippen LogP contribution in [0.25, 0.3) is 45.2 Å². The van der Waals surface area contributed by atoms with Gasteiger partial charge in [0.1, 0.15) is 0 Å². The van der Waals surface area contributed by atoms with Crippen LogP contribution in [-0.2, 0) is 11.8 Å². The van der Waals surface area contributed by atoms with Gasteiger partial charge in [0.05, 0.1) is 0 Å². The van der Waals surface area contributed by atoms with Gasteiger partial charge in [0, 0.05) is 45.6 Å². The van der Waals surface area contributed by atoms with E-state index in [0.29, 0.717) is 12.1 Å². The third kappa shape index (κ3) is 5.68. The summed E-state index contributed by atoms with van der Waals surface area (Å²) in [5, 5.41) is 2.60. The average Bonchev–Trinajstić information content (AvgIpc) is 3.44. The Labute approximate surface area is 327 Å². The molecule has 2 heteroatoms. The van der Waals surface area contributed by atoms with Crippen molar-refractivity contribution in [3.05, 3.63) is 173 Å². The van der Waals surface area contributed by atoms with E-state index in [0.717, 1.165) is 12.8 Å². The van der Waals surface area contributed by atoms with Crippen molar-refractivity contribution in [1.29, 1.82) is 0 Å². The van der Waals surface area contributed by atoms with Crippen LogP contribution >= 0.6 is 0 Å². The summed E-state index contributed by atoms with van der Waals surface area (Å²) in [6.45, 7) is 9.56. The summed E-state index contributed by atoms with van der Waals surface area (Å²) in [4.78, 5) is 5.17. The Hall–Kier alpha value is -5.60. The Kier molecular flexibility index (Phi) is 8.21. The molecule has 2 unspecified atom stereocenters. The number of hydrogen-bond donors (Lipinski definition) is 0. The molecule has 4 aliphatic rings. The SMILES string of the molecule is CC1CCC2=C(C=CCC2)N1c1ccc2c(c1)C(C)(C)c1cc(/C=C/c3ccc(-c4ccc(N5c6ccccc6CCC5C)c5ccccc45)cc3)ccc1-2. The van der Waals surface area contributed by atoms with Crippen LogP contribution in [0.5, 0.6) is 0 Å². The summed E-state index contributed by atoms with van der Waals surface area (Å²) < 4.78 is 0. The molecule has 0 spiro atoms. The van der Waals surface area contributed by atoms with Crippen molar-refractivity contribution >= 4 is 40.0 Å². The van der Waals surface area contributed by atoms with Gasteiger partial charge in [-0.25, -0.2) is 0 Å². The van der Waals surface area contributed by atoms with Gasteiger partial charge in [-0.15, -0.1) is 0 Å². The molecule has 2 aliphatic heterocycles. The van der Waals surface area contributed by atoms with Crippen LogP contribution in [0.4, 0.5) is 17.1 Å². The highest BCUT2D eigenvalue weighted by Gasteiger charge is 2.37. The summed E-state index contributed by atoms with van der Waals surface area (Å²) >= 11 is 0. The maximum Gasteiger partial charge on any atom is 0.0493 e. The van der Waals surface area contributed by atoms with Crippen molar-refractivity contribution in [2.24, 2.45) is 0 Å². The summed E-state index contributed by atoms with van der Waals surface area (Å²) in [6, 6.07) is 46.8. The zero-order chi connectivity index (χ0) is 37.3. The first-order chi connectivity index (χ1) is 26.8. The van der Waals surface area contributed by atoms with Crippen molar-refractivity contribution in [2.45, 2.75) is 83.7 Å². The summed E-state index contributed by atoms with van der Waals surface area (Å²) in [5.41, 5.74) is 19.0. The second kappa shape index (κ2) is 13.3. The predicted octanol–water partition coefficient (Wildman–Crippen LogP) is 14.0. The van der Waals surface area contributed by atoms with Crippen molar-refractivity contribution in [3.8, 4) is 22.3 Å². The molecular weight excluding hydrogens is 665 g/mol. The monoisotopic (exact) mass is 714 g/mol. The van der Waals surface area contributed by atoms with Gasteiger partial charge in [-0.1, -0.05) is 129 Å². The number of benzene rings is 6. The van der Waals surface area contributed by atoms with Gasteiger partial charge >= 0.3 is 0 Å². The number of rotatable bonds is 5. The van der Waals surface area contributed by atoms with Crippen molar-refractivity contribution in [2.75, 3.05) is 9.80 Å². The maximum absolute atomic E-state index is 2.61. The zero-order valence-electron chi connectivity index (χ0n) is 32.6. The second-order valence-corrected chi connectivity index (χ2v) is 16.9. The highest BCUT2D eigenvalue weighted by Crippen LogP contribution is 2.51. The molecule has 0 amide bonds. The molecule has 0 fully saturated rings. The molecule has 0 N–H and O–H groups in total. The smallest absolute Gasteiger partial charge is 0.0493 e. The fourth-order valence-corrected chi connectivity index (χ4v) is 10.1. The fraction of sp³-hybridized carbons (Fsp3) is 0.245. The third-order valence-corrected chi connectivity index (χ3v) is 13.2. The number of allylic oxidation sites excluding steroid dienone is 3. The van der Waals surface area contributed by atoms with Crippen molar-refractivity contribution in [1.82, 2.24) is 0 Å². The van der Waals surface area contributed by atoms with Crippen LogP contribution in [0.1, 0.15) is 87.6 Å². The minimum Gasteiger partial charge on any atom is -0.339 e. The highest BCUT2D eigenvalue weighted by molar-refractivity contribution is 6.05. The van der Waals surface area contributed by atoms with Gasteiger partial charge in [0.15, 0.2) is 0 Å². The first-order valence-corrected chi connectivity index (χ1v) is 20.5. The average molecular weight is 715 g/mol. The van der Waals surface area contributed by atoms with Crippen LogP contribution in [0.3, 0.4) is 0 Å². The topological polar surface area (TPSA) is 6.48 Å². The number of anilines is 3. The van der Waals surface area contributed by atoms with E-state index in [1.54, 1.807) is 5.57 Å². The molecule has 6 aromatic rings. The molecule has 10 rings (SSSR count). The number of nitrogens with zero attached hydrogens (tertiary/aromatic N) is 2. The Morgan fingerprint density at radius 1 is 0.582 bits per heavy atom. The van der Waals surface area contributed by atoms with E-state index in [2.05, 4.69) is 183 Å². The number of hydrogen-bond acceptors (Lipinski definition) is 2. The Bertz CT molecular complexity index is 2560. The van der Waals surface area contributed by atoms with E-state index in [4.69, 9.17) is 0 Å². The third-order valence-electron chi connectivity index (χ3n) is 13.2. The van der Waals surface area contributed by atoms with Crippen molar-refractivity contribution in [3.63, 3.8) is 0 Å². The van der Waals surface area contributed by atoms with Crippen LogP contribution < -0.4 is 9.80 Å². The van der Waals surface area contributed by atoms with Crippen LogP contribution in [-0.4, -0.2) is 12.1 Å². The van der Waals surface area contributed by atoms with Gasteiger partial charge < -0.3 is 9.80 Å². The molecule has 55 heavy (non-hydrogen) atoms. The summed E-state index contributed by atoms with van der Waals surface area (Å²) in [5.74, 6) is 0. The van der Waals surface area contributed by atoms with E-state index >= 15 is 0 Å².